The van der Waals surface area contributed by atoms with Gasteiger partial charge in [-0.15, -0.1) is 22.7 Å². The number of thiazole rings is 1. The maximum atomic E-state index is 12.6. The summed E-state index contributed by atoms with van der Waals surface area (Å²) in [4.78, 5) is 46.3. The van der Waals surface area contributed by atoms with E-state index in [1.165, 1.54) is 53.5 Å². The van der Waals surface area contributed by atoms with Gasteiger partial charge in [-0.25, -0.2) is 14.8 Å². The molecule has 0 aliphatic heterocycles. The molecule has 28 heavy (non-hydrogen) atoms. The van der Waals surface area contributed by atoms with Crippen LogP contribution in [0.5, 0.6) is 0 Å². The van der Waals surface area contributed by atoms with Crippen LogP contribution in [0.3, 0.4) is 0 Å². The zero-order valence-electron chi connectivity index (χ0n) is 14.6. The Bertz CT molecular complexity index is 1350. The summed E-state index contributed by atoms with van der Waals surface area (Å²) >= 11 is 8.61. The average molecular weight is 434 g/mol. The minimum absolute atomic E-state index is 0.0756. The molecule has 1 N–H and O–H groups in total. The van der Waals surface area contributed by atoms with Crippen LogP contribution in [0, 0.1) is 0 Å². The fraction of sp³-hybridized carbons (Fsp3) is 0.118. The van der Waals surface area contributed by atoms with Crippen LogP contribution in [0.4, 0.5) is 5.13 Å². The Morgan fingerprint density at radius 1 is 1.11 bits per heavy atom. The lowest BCUT2D eigenvalue weighted by Gasteiger charge is -2.08. The molecule has 4 aromatic heterocycles. The molecule has 4 heterocycles. The van der Waals surface area contributed by atoms with Gasteiger partial charge in [0.05, 0.1) is 20.3 Å². The predicted molar refractivity (Wildman–Crippen MR) is 111 cm³/mol. The number of pyridine rings is 1. The van der Waals surface area contributed by atoms with E-state index < -0.39 is 17.2 Å². The molecule has 0 spiro atoms. The molecule has 0 atom stereocenters. The third kappa shape index (κ3) is 3.15. The van der Waals surface area contributed by atoms with E-state index in [0.29, 0.717) is 9.47 Å². The number of carbonyl (C=O) groups excluding carboxylic acids is 1. The minimum atomic E-state index is -0.512. The quantitative estimate of drug-likeness (QED) is 0.535. The largest absolute Gasteiger partial charge is 0.332 e. The molecule has 0 radical (unpaired) electrons. The standard InChI is InChI=1S/C17H12ClN5O3S2/c1-22-13-8(15(25)23(2)17(22)26)3-4-9(19-13)14(24)21-16-20-10(7-27-16)11-5-6-12(18)28-11/h3-7H,1-2H3,(H,20,21,24). The van der Waals surface area contributed by atoms with Crippen LogP contribution in [0.25, 0.3) is 21.6 Å². The van der Waals surface area contributed by atoms with Crippen LogP contribution in [0.1, 0.15) is 10.5 Å². The number of carbonyl (C=O) groups is 1. The van der Waals surface area contributed by atoms with Crippen molar-refractivity contribution in [2.24, 2.45) is 14.1 Å². The molecule has 1 amide bonds. The summed E-state index contributed by atoms with van der Waals surface area (Å²) < 4.78 is 2.89. The number of hydrogen-bond acceptors (Lipinski definition) is 7. The van der Waals surface area contributed by atoms with Gasteiger partial charge in [-0.2, -0.15) is 0 Å². The monoisotopic (exact) mass is 433 g/mol. The lowest BCUT2D eigenvalue weighted by Crippen LogP contribution is -2.37. The molecule has 0 unspecified atom stereocenters. The molecule has 8 nitrogen and oxygen atoms in total. The second-order valence-corrected chi connectivity index (χ2v) is 8.44. The first kappa shape index (κ1) is 18.5. The number of hydrogen-bond donors (Lipinski definition) is 1. The highest BCUT2D eigenvalue weighted by molar-refractivity contribution is 7.20. The first-order valence-electron chi connectivity index (χ1n) is 7.94. The van der Waals surface area contributed by atoms with E-state index in [0.717, 1.165) is 15.1 Å². The van der Waals surface area contributed by atoms with Crippen molar-refractivity contribution in [2.75, 3.05) is 5.32 Å². The molecular formula is C17H12ClN5O3S2. The first-order valence-corrected chi connectivity index (χ1v) is 10.0. The number of anilines is 1. The second-order valence-electron chi connectivity index (χ2n) is 5.87. The predicted octanol–water partition coefficient (Wildman–Crippen LogP) is 2.72. The SMILES string of the molecule is Cn1c(=O)c2ccc(C(=O)Nc3nc(-c4ccc(Cl)s4)cs3)nc2n(C)c1=O. The van der Waals surface area contributed by atoms with Crippen LogP contribution < -0.4 is 16.6 Å². The van der Waals surface area contributed by atoms with Crippen molar-refractivity contribution in [3.05, 3.63) is 60.5 Å². The van der Waals surface area contributed by atoms with Crippen molar-refractivity contribution in [3.8, 4) is 10.6 Å². The smallest absolute Gasteiger partial charge is 0.296 e. The van der Waals surface area contributed by atoms with E-state index in [-0.39, 0.29) is 16.7 Å². The Kier molecular flexibility index (Phi) is 4.61. The maximum Gasteiger partial charge on any atom is 0.332 e. The van der Waals surface area contributed by atoms with Crippen molar-refractivity contribution in [3.63, 3.8) is 0 Å². The molecule has 0 saturated carbocycles. The zero-order chi connectivity index (χ0) is 20.0. The molecule has 0 bridgehead atoms. The van der Waals surface area contributed by atoms with Crippen LogP contribution in [-0.2, 0) is 14.1 Å². The van der Waals surface area contributed by atoms with Gasteiger partial charge in [0.1, 0.15) is 11.3 Å². The number of halogens is 1. The van der Waals surface area contributed by atoms with Crippen molar-refractivity contribution in [1.82, 2.24) is 19.1 Å². The normalized spacial score (nSPS) is 11.1. The Labute approximate surface area is 170 Å². The van der Waals surface area contributed by atoms with E-state index in [1.807, 2.05) is 11.4 Å². The maximum absolute atomic E-state index is 12.6. The lowest BCUT2D eigenvalue weighted by molar-refractivity contribution is 0.102. The van der Waals surface area contributed by atoms with Gasteiger partial charge in [0.25, 0.3) is 11.5 Å². The van der Waals surface area contributed by atoms with E-state index in [1.54, 1.807) is 6.07 Å². The fourth-order valence-corrected chi connectivity index (χ4v) is 4.42. The molecule has 4 aromatic rings. The van der Waals surface area contributed by atoms with Crippen LogP contribution in [-0.4, -0.2) is 25.0 Å². The van der Waals surface area contributed by atoms with Crippen molar-refractivity contribution >= 4 is 56.3 Å². The van der Waals surface area contributed by atoms with E-state index >= 15 is 0 Å². The van der Waals surface area contributed by atoms with Crippen molar-refractivity contribution < 1.29 is 4.79 Å². The van der Waals surface area contributed by atoms with Crippen LogP contribution in [0.2, 0.25) is 4.34 Å². The third-order valence-electron chi connectivity index (χ3n) is 4.08. The van der Waals surface area contributed by atoms with Gasteiger partial charge in [-0.05, 0) is 24.3 Å². The molecule has 0 aromatic carbocycles. The van der Waals surface area contributed by atoms with Gasteiger partial charge in [0.15, 0.2) is 5.13 Å². The molecule has 0 aliphatic rings. The first-order chi connectivity index (χ1) is 13.3. The number of rotatable bonds is 3. The van der Waals surface area contributed by atoms with Gasteiger partial charge in [0, 0.05) is 19.5 Å². The van der Waals surface area contributed by atoms with Gasteiger partial charge in [-0.1, -0.05) is 11.6 Å². The van der Waals surface area contributed by atoms with E-state index in [2.05, 4.69) is 15.3 Å². The third-order valence-corrected chi connectivity index (χ3v) is 6.10. The van der Waals surface area contributed by atoms with Gasteiger partial charge >= 0.3 is 5.69 Å². The van der Waals surface area contributed by atoms with Gasteiger partial charge in [0.2, 0.25) is 0 Å². The molecule has 0 aliphatic carbocycles. The Morgan fingerprint density at radius 3 is 2.61 bits per heavy atom. The number of thiophene rings is 1. The summed E-state index contributed by atoms with van der Waals surface area (Å²) in [5.74, 6) is -0.486. The number of aromatic nitrogens is 4. The summed E-state index contributed by atoms with van der Waals surface area (Å²) in [6.07, 6.45) is 0. The number of amides is 1. The van der Waals surface area contributed by atoms with E-state index in [9.17, 15) is 14.4 Å². The van der Waals surface area contributed by atoms with Gasteiger partial charge in [-0.3, -0.25) is 24.0 Å². The molecule has 0 saturated heterocycles. The van der Waals surface area contributed by atoms with Crippen LogP contribution >= 0.6 is 34.3 Å². The highest BCUT2D eigenvalue weighted by Crippen LogP contribution is 2.32. The topological polar surface area (TPSA) is 98.9 Å². The molecular weight excluding hydrogens is 422 g/mol. The summed E-state index contributed by atoms with van der Waals surface area (Å²) in [5.41, 5.74) is -0.0338. The van der Waals surface area contributed by atoms with E-state index in [4.69, 9.17) is 11.6 Å². The molecule has 0 fully saturated rings. The van der Waals surface area contributed by atoms with Crippen molar-refractivity contribution in [2.45, 2.75) is 0 Å². The molecule has 142 valence electrons. The molecule has 11 heteroatoms. The highest BCUT2D eigenvalue weighted by atomic mass is 35.5. The molecule has 4 rings (SSSR count). The summed E-state index contributed by atoms with van der Waals surface area (Å²) in [6, 6.07) is 6.57. The number of fused-ring (bicyclic) bond motifs is 1. The fourth-order valence-electron chi connectivity index (χ4n) is 2.64. The number of aryl methyl sites for hydroxylation is 1. The highest BCUT2D eigenvalue weighted by Gasteiger charge is 2.15. The summed E-state index contributed by atoms with van der Waals surface area (Å²) in [5, 5.41) is 5.17. The average Bonchev–Trinajstić information content (AvgIpc) is 3.33. The Hall–Kier alpha value is -2.82. The van der Waals surface area contributed by atoms with Crippen LogP contribution in [0.15, 0.2) is 39.2 Å². The summed E-state index contributed by atoms with van der Waals surface area (Å²) in [7, 11) is 2.89. The zero-order valence-corrected chi connectivity index (χ0v) is 17.0. The minimum Gasteiger partial charge on any atom is -0.296 e. The summed E-state index contributed by atoms with van der Waals surface area (Å²) in [6.45, 7) is 0. The Morgan fingerprint density at radius 2 is 1.89 bits per heavy atom. The number of nitrogens with one attached hydrogen (secondary N) is 1. The Balaban J connectivity index is 1.65. The second kappa shape index (κ2) is 6.97. The lowest BCUT2D eigenvalue weighted by atomic mass is 10.2. The van der Waals surface area contributed by atoms with Crippen molar-refractivity contribution in [1.29, 1.82) is 0 Å². The number of nitrogens with zero attached hydrogens (tertiary/aromatic N) is 4. The van der Waals surface area contributed by atoms with Gasteiger partial charge < -0.3 is 0 Å².